The summed E-state index contributed by atoms with van der Waals surface area (Å²) in [5.74, 6) is -0.801. The van der Waals surface area contributed by atoms with Crippen LogP contribution in [0, 0.1) is 17.1 Å². The normalized spacial score (nSPS) is 12.5. The van der Waals surface area contributed by atoms with Gasteiger partial charge in [-0.25, -0.2) is 9.37 Å². The average Bonchev–Trinajstić information content (AvgIpc) is 3.40. The van der Waals surface area contributed by atoms with Crippen LogP contribution in [0.15, 0.2) is 27.8 Å². The van der Waals surface area contributed by atoms with Crippen LogP contribution in [0.4, 0.5) is 4.39 Å². The fraction of sp³-hybridized carbons (Fsp3) is 0.316. The van der Waals surface area contributed by atoms with E-state index in [2.05, 4.69) is 15.1 Å². The number of ether oxygens (including phenoxy) is 1. The second-order valence-corrected chi connectivity index (χ2v) is 6.70. The predicted molar refractivity (Wildman–Crippen MR) is 102 cm³/mol. The average molecular weight is 412 g/mol. The van der Waals surface area contributed by atoms with Gasteiger partial charge in [0.1, 0.15) is 35.0 Å². The molecule has 1 atom stereocenters. The molecule has 1 N–H and O–H groups in total. The highest BCUT2D eigenvalue weighted by Crippen LogP contribution is 2.26. The van der Waals surface area contributed by atoms with E-state index < -0.39 is 11.4 Å². The van der Waals surface area contributed by atoms with Crippen molar-refractivity contribution in [3.8, 4) is 17.6 Å². The molecule has 0 saturated heterocycles. The number of rotatable bonds is 6. The van der Waals surface area contributed by atoms with Crippen LogP contribution >= 0.6 is 0 Å². The van der Waals surface area contributed by atoms with Gasteiger partial charge < -0.3 is 18.9 Å². The van der Waals surface area contributed by atoms with E-state index in [1.54, 1.807) is 6.92 Å². The first kappa shape index (κ1) is 19.7. The van der Waals surface area contributed by atoms with Crippen molar-refractivity contribution in [2.75, 3.05) is 20.3 Å². The summed E-state index contributed by atoms with van der Waals surface area (Å²) in [6, 6.07) is 4.48. The summed E-state index contributed by atoms with van der Waals surface area (Å²) in [4.78, 5) is 21.9. The molecule has 0 bridgehead atoms. The second kappa shape index (κ2) is 7.66. The van der Waals surface area contributed by atoms with E-state index in [9.17, 15) is 19.6 Å². The number of hydrogen-bond donors (Lipinski definition) is 1. The minimum Gasteiger partial charge on any atom is -0.396 e. The molecule has 3 aromatic heterocycles. The van der Waals surface area contributed by atoms with Gasteiger partial charge in [0.15, 0.2) is 0 Å². The van der Waals surface area contributed by atoms with Crippen molar-refractivity contribution in [1.82, 2.24) is 24.1 Å². The van der Waals surface area contributed by atoms with Crippen molar-refractivity contribution in [3.63, 3.8) is 0 Å². The van der Waals surface area contributed by atoms with Crippen molar-refractivity contribution in [1.29, 1.82) is 5.26 Å². The van der Waals surface area contributed by atoms with E-state index in [1.807, 2.05) is 6.07 Å². The van der Waals surface area contributed by atoms with E-state index in [-0.39, 0.29) is 59.7 Å². The summed E-state index contributed by atoms with van der Waals surface area (Å²) >= 11 is 0. The molecule has 4 aromatic rings. The third-order valence-corrected chi connectivity index (χ3v) is 4.83. The smallest absolute Gasteiger partial charge is 0.277 e. The maximum absolute atomic E-state index is 14.3. The van der Waals surface area contributed by atoms with Crippen LogP contribution < -0.4 is 5.56 Å². The van der Waals surface area contributed by atoms with Crippen molar-refractivity contribution >= 4 is 16.6 Å². The summed E-state index contributed by atoms with van der Waals surface area (Å²) in [5, 5.41) is 22.6. The molecule has 0 aliphatic carbocycles. The molecule has 1 unspecified atom stereocenters. The van der Waals surface area contributed by atoms with Gasteiger partial charge >= 0.3 is 0 Å². The zero-order valence-corrected chi connectivity index (χ0v) is 16.2. The molecular weight excluding hydrogens is 395 g/mol. The highest BCUT2D eigenvalue weighted by molar-refractivity contribution is 5.87. The number of nitriles is 1. The van der Waals surface area contributed by atoms with Crippen molar-refractivity contribution in [2.24, 2.45) is 0 Å². The van der Waals surface area contributed by atoms with Crippen molar-refractivity contribution in [3.05, 3.63) is 46.1 Å². The van der Waals surface area contributed by atoms with Crippen LogP contribution in [0.25, 0.3) is 28.1 Å². The number of methoxy groups -OCH3 is 1. The number of fused-ring (bicyclic) bond motifs is 3. The standard InChI is InChI=1S/C19H17FN6O4/c1-10(8-27)18-23-17(24-30-18)14-16-19(28)25(5-6-29-2)15-11(7-21)12(20)3-4-13(15)26(16)9-22-14/h3-4,9-10,27H,5-6,8H2,1-2H3. The number of aliphatic hydroxyl groups excluding tert-OH is 1. The van der Waals surface area contributed by atoms with Crippen LogP contribution in [-0.2, 0) is 11.3 Å². The van der Waals surface area contributed by atoms with E-state index >= 15 is 0 Å². The summed E-state index contributed by atoms with van der Waals surface area (Å²) < 4.78 is 27.3. The first-order chi connectivity index (χ1) is 14.5. The molecule has 0 spiro atoms. The molecular formula is C19H17FN6O4. The summed E-state index contributed by atoms with van der Waals surface area (Å²) in [5.41, 5.74) is 0.157. The van der Waals surface area contributed by atoms with Gasteiger partial charge in [0, 0.05) is 13.7 Å². The Balaban J connectivity index is 2.06. The minimum atomic E-state index is -0.726. The molecule has 0 amide bonds. The third kappa shape index (κ3) is 2.94. The van der Waals surface area contributed by atoms with Gasteiger partial charge in [0.05, 0.1) is 30.2 Å². The van der Waals surface area contributed by atoms with Crippen LogP contribution in [-0.4, -0.2) is 49.5 Å². The van der Waals surface area contributed by atoms with Gasteiger partial charge in [-0.1, -0.05) is 12.1 Å². The van der Waals surface area contributed by atoms with Crippen LogP contribution in [0.1, 0.15) is 24.3 Å². The maximum atomic E-state index is 14.3. The lowest BCUT2D eigenvalue weighted by atomic mass is 10.1. The Bertz CT molecular complexity index is 1350. The Labute approximate surface area is 168 Å². The Morgan fingerprint density at radius 2 is 2.20 bits per heavy atom. The first-order valence-electron chi connectivity index (χ1n) is 9.07. The fourth-order valence-corrected chi connectivity index (χ4v) is 3.26. The van der Waals surface area contributed by atoms with Gasteiger partial charge in [-0.2, -0.15) is 10.2 Å². The van der Waals surface area contributed by atoms with Gasteiger partial charge in [-0.05, 0) is 12.1 Å². The largest absolute Gasteiger partial charge is 0.396 e. The molecule has 0 radical (unpaired) electrons. The van der Waals surface area contributed by atoms with Crippen molar-refractivity contribution < 1.29 is 18.8 Å². The molecule has 1 aromatic carbocycles. The lowest BCUT2D eigenvalue weighted by Gasteiger charge is -2.13. The summed E-state index contributed by atoms with van der Waals surface area (Å²) in [6.45, 7) is 1.81. The Morgan fingerprint density at radius 1 is 1.40 bits per heavy atom. The first-order valence-corrected chi connectivity index (χ1v) is 9.07. The molecule has 0 aliphatic rings. The van der Waals surface area contributed by atoms with E-state index in [0.29, 0.717) is 5.52 Å². The number of nitrogens with zero attached hydrogens (tertiary/aromatic N) is 6. The highest BCUT2D eigenvalue weighted by atomic mass is 19.1. The Morgan fingerprint density at radius 3 is 2.90 bits per heavy atom. The zero-order chi connectivity index (χ0) is 21.4. The quantitative estimate of drug-likeness (QED) is 0.503. The van der Waals surface area contributed by atoms with Crippen LogP contribution in [0.3, 0.4) is 0 Å². The molecule has 0 aliphatic heterocycles. The Hall–Kier alpha value is -3.62. The highest BCUT2D eigenvalue weighted by Gasteiger charge is 2.24. The monoisotopic (exact) mass is 412 g/mol. The molecule has 10 nitrogen and oxygen atoms in total. The van der Waals surface area contributed by atoms with Gasteiger partial charge in [-0.3, -0.25) is 9.20 Å². The number of aliphatic hydroxyl groups is 1. The van der Waals surface area contributed by atoms with Crippen LogP contribution in [0.5, 0.6) is 0 Å². The molecule has 30 heavy (non-hydrogen) atoms. The Kier molecular flexibility index (Phi) is 5.03. The predicted octanol–water partition coefficient (Wildman–Crippen LogP) is 1.45. The number of aromatic nitrogens is 5. The molecule has 11 heteroatoms. The van der Waals surface area contributed by atoms with Gasteiger partial charge in [-0.15, -0.1) is 0 Å². The molecule has 0 fully saturated rings. The van der Waals surface area contributed by atoms with E-state index in [0.717, 1.165) is 0 Å². The van der Waals surface area contributed by atoms with Crippen molar-refractivity contribution in [2.45, 2.75) is 19.4 Å². The zero-order valence-electron chi connectivity index (χ0n) is 16.2. The van der Waals surface area contributed by atoms with Crippen LogP contribution in [0.2, 0.25) is 0 Å². The molecule has 154 valence electrons. The lowest BCUT2D eigenvalue weighted by molar-refractivity contribution is 0.187. The topological polar surface area (TPSA) is 131 Å². The fourth-order valence-electron chi connectivity index (χ4n) is 3.26. The van der Waals surface area contributed by atoms with E-state index in [1.165, 1.54) is 34.5 Å². The SMILES string of the molecule is COCCn1c(=O)c2c(-c3noc(C(C)CO)n3)ncn2c2ccc(F)c(C#N)c21. The lowest BCUT2D eigenvalue weighted by Crippen LogP contribution is -2.26. The number of benzene rings is 1. The number of imidazole rings is 1. The van der Waals surface area contributed by atoms with E-state index in [4.69, 9.17) is 9.26 Å². The summed E-state index contributed by atoms with van der Waals surface area (Å²) in [6.07, 6.45) is 1.39. The molecule has 4 rings (SSSR count). The van der Waals surface area contributed by atoms with Gasteiger partial charge in [0.25, 0.3) is 5.56 Å². The third-order valence-electron chi connectivity index (χ3n) is 4.83. The molecule has 0 saturated carbocycles. The number of hydrogen-bond acceptors (Lipinski definition) is 8. The summed E-state index contributed by atoms with van der Waals surface area (Å²) in [7, 11) is 1.48. The maximum Gasteiger partial charge on any atom is 0.277 e. The minimum absolute atomic E-state index is 0.0881. The number of halogens is 1. The molecule has 3 heterocycles. The van der Waals surface area contributed by atoms with Gasteiger partial charge in [0.2, 0.25) is 11.7 Å². The second-order valence-electron chi connectivity index (χ2n) is 6.70.